The number of hydrogen-bond acceptors (Lipinski definition) is 3. The van der Waals surface area contributed by atoms with Gasteiger partial charge in [-0.25, -0.2) is 0 Å². The number of hydrogen-bond donors (Lipinski definition) is 1. The van der Waals surface area contributed by atoms with Gasteiger partial charge in [-0.15, -0.1) is 0 Å². The molecule has 2 rings (SSSR count). The Kier molecular flexibility index (Phi) is 6.71. The van der Waals surface area contributed by atoms with Gasteiger partial charge in [-0.05, 0) is 37.3 Å². The SMILES string of the molecule is CCOCCOc1cccc(NC(=O)c2ccc(Cl)cc2Cl)c1. The van der Waals surface area contributed by atoms with Crippen molar-refractivity contribution in [3.63, 3.8) is 0 Å². The number of carbonyl (C=O) groups excluding carboxylic acids is 1. The third-order valence-electron chi connectivity index (χ3n) is 2.97. The van der Waals surface area contributed by atoms with E-state index in [1.807, 2.05) is 13.0 Å². The van der Waals surface area contributed by atoms with Crippen LogP contribution in [-0.2, 0) is 4.74 Å². The van der Waals surface area contributed by atoms with Gasteiger partial charge in [0, 0.05) is 23.4 Å². The maximum absolute atomic E-state index is 12.3. The van der Waals surface area contributed by atoms with E-state index in [2.05, 4.69) is 5.32 Å². The van der Waals surface area contributed by atoms with Crippen LogP contribution in [0, 0.1) is 0 Å². The van der Waals surface area contributed by atoms with E-state index in [0.29, 0.717) is 46.9 Å². The average Bonchev–Trinajstić information content (AvgIpc) is 2.52. The maximum atomic E-state index is 12.3. The zero-order chi connectivity index (χ0) is 16.7. The maximum Gasteiger partial charge on any atom is 0.257 e. The summed E-state index contributed by atoms with van der Waals surface area (Å²) in [7, 11) is 0. The molecule has 0 aromatic heterocycles. The van der Waals surface area contributed by atoms with E-state index in [4.69, 9.17) is 32.7 Å². The molecule has 6 heteroatoms. The minimum atomic E-state index is -0.307. The Bertz CT molecular complexity index is 677. The fourth-order valence-electron chi connectivity index (χ4n) is 1.90. The van der Waals surface area contributed by atoms with E-state index in [9.17, 15) is 4.79 Å². The van der Waals surface area contributed by atoms with Gasteiger partial charge in [-0.1, -0.05) is 29.3 Å². The van der Waals surface area contributed by atoms with Crippen molar-refractivity contribution in [2.45, 2.75) is 6.92 Å². The zero-order valence-corrected chi connectivity index (χ0v) is 14.2. The van der Waals surface area contributed by atoms with Crippen molar-refractivity contribution in [2.75, 3.05) is 25.1 Å². The normalized spacial score (nSPS) is 10.4. The van der Waals surface area contributed by atoms with E-state index in [1.165, 1.54) is 6.07 Å². The van der Waals surface area contributed by atoms with E-state index in [1.54, 1.807) is 30.3 Å². The smallest absolute Gasteiger partial charge is 0.257 e. The van der Waals surface area contributed by atoms with Gasteiger partial charge in [0.2, 0.25) is 0 Å². The van der Waals surface area contributed by atoms with Gasteiger partial charge in [-0.3, -0.25) is 4.79 Å². The molecule has 1 N–H and O–H groups in total. The summed E-state index contributed by atoms with van der Waals surface area (Å²) in [6.45, 7) is 3.56. The van der Waals surface area contributed by atoms with Crippen molar-refractivity contribution < 1.29 is 14.3 Å². The lowest BCUT2D eigenvalue weighted by Gasteiger charge is -2.10. The molecule has 4 nitrogen and oxygen atoms in total. The molecule has 0 aliphatic heterocycles. The van der Waals surface area contributed by atoms with Gasteiger partial charge < -0.3 is 14.8 Å². The Balaban J connectivity index is 2.00. The largest absolute Gasteiger partial charge is 0.491 e. The lowest BCUT2D eigenvalue weighted by atomic mass is 10.2. The fourth-order valence-corrected chi connectivity index (χ4v) is 2.39. The molecule has 0 radical (unpaired) electrons. The highest BCUT2D eigenvalue weighted by Gasteiger charge is 2.11. The molecule has 23 heavy (non-hydrogen) atoms. The molecule has 0 heterocycles. The van der Waals surface area contributed by atoms with Crippen LogP contribution in [0.4, 0.5) is 5.69 Å². The van der Waals surface area contributed by atoms with E-state index < -0.39 is 0 Å². The van der Waals surface area contributed by atoms with Gasteiger partial charge in [0.1, 0.15) is 12.4 Å². The molecule has 1 amide bonds. The summed E-state index contributed by atoms with van der Waals surface area (Å²) in [5.74, 6) is 0.350. The van der Waals surface area contributed by atoms with Crippen LogP contribution in [0.5, 0.6) is 5.75 Å². The van der Waals surface area contributed by atoms with Crippen LogP contribution >= 0.6 is 23.2 Å². The number of ether oxygens (including phenoxy) is 2. The molecule has 2 aromatic carbocycles. The highest BCUT2D eigenvalue weighted by atomic mass is 35.5. The summed E-state index contributed by atoms with van der Waals surface area (Å²) in [5, 5.41) is 3.57. The topological polar surface area (TPSA) is 47.6 Å². The highest BCUT2D eigenvalue weighted by molar-refractivity contribution is 6.37. The van der Waals surface area contributed by atoms with Crippen LogP contribution in [-0.4, -0.2) is 25.7 Å². The molecule has 0 spiro atoms. The van der Waals surface area contributed by atoms with Crippen LogP contribution in [0.25, 0.3) is 0 Å². The van der Waals surface area contributed by atoms with Crippen LogP contribution in [0.2, 0.25) is 10.0 Å². The molecular formula is C17H17Cl2NO3. The lowest BCUT2D eigenvalue weighted by Crippen LogP contribution is -2.12. The van der Waals surface area contributed by atoms with Crippen molar-refractivity contribution in [3.8, 4) is 5.75 Å². The number of rotatable bonds is 7. The van der Waals surface area contributed by atoms with Crippen molar-refractivity contribution in [3.05, 3.63) is 58.1 Å². The van der Waals surface area contributed by atoms with E-state index in [-0.39, 0.29) is 5.91 Å². The van der Waals surface area contributed by atoms with Crippen LogP contribution in [0.15, 0.2) is 42.5 Å². The highest BCUT2D eigenvalue weighted by Crippen LogP contribution is 2.23. The molecule has 0 aliphatic carbocycles. The second kappa shape index (κ2) is 8.77. The zero-order valence-electron chi connectivity index (χ0n) is 12.6. The van der Waals surface area contributed by atoms with E-state index in [0.717, 1.165) is 0 Å². The number of anilines is 1. The Morgan fingerprint density at radius 2 is 1.96 bits per heavy atom. The van der Waals surface area contributed by atoms with Crippen LogP contribution in [0.1, 0.15) is 17.3 Å². The molecular weight excluding hydrogens is 337 g/mol. The summed E-state index contributed by atoms with van der Waals surface area (Å²) in [6, 6.07) is 11.9. The molecule has 0 aliphatic rings. The monoisotopic (exact) mass is 353 g/mol. The van der Waals surface area contributed by atoms with Crippen LogP contribution < -0.4 is 10.1 Å². The predicted molar refractivity (Wildman–Crippen MR) is 92.8 cm³/mol. The van der Waals surface area contributed by atoms with Gasteiger partial charge >= 0.3 is 0 Å². The first-order valence-corrected chi connectivity index (χ1v) is 7.92. The Labute approximate surface area is 145 Å². The molecule has 0 unspecified atom stereocenters. The molecule has 0 saturated heterocycles. The Morgan fingerprint density at radius 1 is 1.13 bits per heavy atom. The van der Waals surface area contributed by atoms with Gasteiger partial charge in [0.05, 0.1) is 17.2 Å². The Morgan fingerprint density at radius 3 is 2.70 bits per heavy atom. The van der Waals surface area contributed by atoms with Crippen molar-refractivity contribution in [2.24, 2.45) is 0 Å². The first-order valence-electron chi connectivity index (χ1n) is 7.17. The Hall–Kier alpha value is -1.75. The third kappa shape index (κ3) is 5.43. The third-order valence-corrected chi connectivity index (χ3v) is 3.52. The molecule has 0 bridgehead atoms. The standard InChI is InChI=1S/C17H17Cl2NO3/c1-2-22-8-9-23-14-5-3-4-13(11-14)20-17(21)15-7-6-12(18)10-16(15)19/h3-7,10-11H,2,8-9H2,1H3,(H,20,21). The first kappa shape index (κ1) is 17.6. The number of carbonyl (C=O) groups is 1. The summed E-state index contributed by atoms with van der Waals surface area (Å²) >= 11 is 11.9. The fraction of sp³-hybridized carbons (Fsp3) is 0.235. The summed E-state index contributed by atoms with van der Waals surface area (Å²) < 4.78 is 10.8. The van der Waals surface area contributed by atoms with Gasteiger partial charge in [0.25, 0.3) is 5.91 Å². The molecule has 0 saturated carbocycles. The predicted octanol–water partition coefficient (Wildman–Crippen LogP) is 4.66. The summed E-state index contributed by atoms with van der Waals surface area (Å²) in [5.41, 5.74) is 0.980. The summed E-state index contributed by atoms with van der Waals surface area (Å²) in [4.78, 5) is 12.3. The van der Waals surface area contributed by atoms with Crippen molar-refractivity contribution >= 4 is 34.8 Å². The minimum absolute atomic E-state index is 0.305. The minimum Gasteiger partial charge on any atom is -0.491 e. The second-order valence-corrected chi connectivity index (χ2v) is 5.50. The van der Waals surface area contributed by atoms with Gasteiger partial charge in [0.15, 0.2) is 0 Å². The van der Waals surface area contributed by atoms with Crippen LogP contribution in [0.3, 0.4) is 0 Å². The van der Waals surface area contributed by atoms with E-state index >= 15 is 0 Å². The second-order valence-electron chi connectivity index (χ2n) is 4.65. The number of nitrogens with one attached hydrogen (secondary N) is 1. The first-order chi connectivity index (χ1) is 11.1. The average molecular weight is 354 g/mol. The van der Waals surface area contributed by atoms with Crippen molar-refractivity contribution in [1.29, 1.82) is 0 Å². The molecule has 2 aromatic rings. The quantitative estimate of drug-likeness (QED) is 0.736. The van der Waals surface area contributed by atoms with Crippen molar-refractivity contribution in [1.82, 2.24) is 0 Å². The summed E-state index contributed by atoms with van der Waals surface area (Å²) in [6.07, 6.45) is 0. The lowest BCUT2D eigenvalue weighted by molar-refractivity contribution is 0.102. The number of benzene rings is 2. The number of amides is 1. The number of halogens is 2. The molecule has 122 valence electrons. The molecule has 0 atom stereocenters. The van der Waals surface area contributed by atoms with Gasteiger partial charge in [-0.2, -0.15) is 0 Å². The molecule has 0 fully saturated rings.